The van der Waals surface area contributed by atoms with Crippen LogP contribution in [0.4, 0.5) is 0 Å². The van der Waals surface area contributed by atoms with Crippen LogP contribution in [0.2, 0.25) is 0 Å². The van der Waals surface area contributed by atoms with Gasteiger partial charge in [-0.2, -0.15) is 0 Å². The quantitative estimate of drug-likeness (QED) is 0.640. The van der Waals surface area contributed by atoms with Crippen molar-refractivity contribution in [2.24, 2.45) is 11.5 Å². The number of halogens is 2. The van der Waals surface area contributed by atoms with Crippen molar-refractivity contribution in [1.29, 1.82) is 0 Å². The fraction of sp³-hybridized carbons (Fsp3) is 0.455. The van der Waals surface area contributed by atoms with Crippen LogP contribution in [0.1, 0.15) is 30.9 Å². The fourth-order valence-corrected chi connectivity index (χ4v) is 2.23. The Morgan fingerprint density at radius 2 is 1.87 bits per heavy atom. The summed E-state index contributed by atoms with van der Waals surface area (Å²) in [6, 6.07) is 8.45. The molecular weight excluding hydrogens is 322 g/mol. The Labute approximate surface area is 111 Å². The summed E-state index contributed by atoms with van der Waals surface area (Å²) in [5, 5.41) is 0. The molecule has 0 aliphatic heterocycles. The maximum atomic E-state index is 6.09. The maximum Gasteiger partial charge on any atom is 0.0305 e. The third-order valence-electron chi connectivity index (χ3n) is 2.27. The Kier molecular flexibility index (Phi) is 8.42. The molecule has 0 saturated heterocycles. The molecule has 0 aromatic heterocycles. The van der Waals surface area contributed by atoms with E-state index < -0.39 is 0 Å². The van der Waals surface area contributed by atoms with Crippen molar-refractivity contribution in [3.05, 3.63) is 33.4 Å². The molecule has 1 aromatic carbocycles. The Morgan fingerprint density at radius 3 is 2.47 bits per heavy atom. The first-order valence-corrected chi connectivity index (χ1v) is 6.03. The van der Waals surface area contributed by atoms with Crippen LogP contribution in [0.15, 0.2) is 24.3 Å². The second kappa shape index (κ2) is 8.33. The minimum Gasteiger partial charge on any atom is -0.330 e. The molecule has 0 saturated carbocycles. The largest absolute Gasteiger partial charge is 0.330 e. The van der Waals surface area contributed by atoms with Crippen LogP contribution in [0, 0.1) is 3.57 Å². The van der Waals surface area contributed by atoms with Gasteiger partial charge < -0.3 is 11.5 Å². The lowest BCUT2D eigenvalue weighted by molar-refractivity contribution is 0.589. The summed E-state index contributed by atoms with van der Waals surface area (Å²) in [5.41, 5.74) is 12.8. The Hall–Kier alpha value is 0.160. The predicted octanol–water partition coefficient (Wildman–Crippen LogP) is 2.84. The summed E-state index contributed by atoms with van der Waals surface area (Å²) in [6.45, 7) is 0.763. The SMILES string of the molecule is Cl.NCCCC[C@H](N)c1ccccc1I. The monoisotopic (exact) mass is 340 g/mol. The normalized spacial score (nSPS) is 11.9. The number of nitrogens with two attached hydrogens (primary N) is 2. The van der Waals surface area contributed by atoms with Gasteiger partial charge in [0.05, 0.1) is 0 Å². The van der Waals surface area contributed by atoms with E-state index >= 15 is 0 Å². The molecule has 0 aliphatic rings. The highest BCUT2D eigenvalue weighted by Crippen LogP contribution is 2.21. The summed E-state index contributed by atoms with van der Waals surface area (Å²) in [6.07, 6.45) is 3.21. The van der Waals surface area contributed by atoms with Gasteiger partial charge >= 0.3 is 0 Å². The molecule has 4 N–H and O–H groups in total. The van der Waals surface area contributed by atoms with Crippen LogP contribution in [0.25, 0.3) is 0 Å². The molecule has 1 atom stereocenters. The molecule has 0 amide bonds. The summed E-state index contributed by atoms with van der Waals surface area (Å²) in [4.78, 5) is 0. The molecule has 0 heterocycles. The van der Waals surface area contributed by atoms with Crippen molar-refractivity contribution in [2.75, 3.05) is 6.54 Å². The lowest BCUT2D eigenvalue weighted by Gasteiger charge is -2.13. The number of hydrogen-bond donors (Lipinski definition) is 2. The van der Waals surface area contributed by atoms with E-state index in [9.17, 15) is 0 Å². The van der Waals surface area contributed by atoms with Crippen molar-refractivity contribution in [2.45, 2.75) is 25.3 Å². The molecule has 2 nitrogen and oxygen atoms in total. The van der Waals surface area contributed by atoms with Gasteiger partial charge in [0, 0.05) is 9.61 Å². The number of unbranched alkanes of at least 4 members (excludes halogenated alkanes) is 1. The average molecular weight is 341 g/mol. The molecular formula is C11H18ClIN2. The van der Waals surface area contributed by atoms with Gasteiger partial charge in [-0.3, -0.25) is 0 Å². The molecule has 15 heavy (non-hydrogen) atoms. The van der Waals surface area contributed by atoms with E-state index in [4.69, 9.17) is 11.5 Å². The summed E-state index contributed by atoms with van der Waals surface area (Å²) < 4.78 is 1.25. The van der Waals surface area contributed by atoms with Gasteiger partial charge in [-0.15, -0.1) is 12.4 Å². The topological polar surface area (TPSA) is 52.0 Å². The molecule has 0 spiro atoms. The van der Waals surface area contributed by atoms with E-state index in [0.717, 1.165) is 25.8 Å². The van der Waals surface area contributed by atoms with E-state index in [1.807, 2.05) is 12.1 Å². The van der Waals surface area contributed by atoms with Crippen molar-refractivity contribution < 1.29 is 0 Å². The first-order chi connectivity index (χ1) is 6.75. The highest BCUT2D eigenvalue weighted by atomic mass is 127. The van der Waals surface area contributed by atoms with E-state index in [1.165, 1.54) is 9.13 Å². The molecule has 1 aromatic rings. The smallest absolute Gasteiger partial charge is 0.0305 e. The van der Waals surface area contributed by atoms with Gasteiger partial charge in [0.2, 0.25) is 0 Å². The number of benzene rings is 1. The molecule has 0 aliphatic carbocycles. The molecule has 0 fully saturated rings. The second-order valence-electron chi connectivity index (χ2n) is 3.41. The summed E-state index contributed by atoms with van der Waals surface area (Å²) >= 11 is 2.33. The van der Waals surface area contributed by atoms with Crippen molar-refractivity contribution in [1.82, 2.24) is 0 Å². The van der Waals surface area contributed by atoms with Crippen LogP contribution < -0.4 is 11.5 Å². The first kappa shape index (κ1) is 15.2. The number of hydrogen-bond acceptors (Lipinski definition) is 2. The molecule has 4 heteroatoms. The summed E-state index contributed by atoms with van der Waals surface area (Å²) in [7, 11) is 0. The highest BCUT2D eigenvalue weighted by molar-refractivity contribution is 14.1. The minimum atomic E-state index is 0. The maximum absolute atomic E-state index is 6.09. The Balaban J connectivity index is 0.00000196. The molecule has 0 unspecified atom stereocenters. The predicted molar refractivity (Wildman–Crippen MR) is 76.2 cm³/mol. The van der Waals surface area contributed by atoms with Crippen LogP contribution >= 0.6 is 35.0 Å². The molecule has 86 valence electrons. The zero-order valence-corrected chi connectivity index (χ0v) is 11.6. The third-order valence-corrected chi connectivity index (χ3v) is 3.26. The van der Waals surface area contributed by atoms with E-state index in [1.54, 1.807) is 0 Å². The van der Waals surface area contributed by atoms with Crippen LogP contribution in [0.5, 0.6) is 0 Å². The van der Waals surface area contributed by atoms with Gasteiger partial charge in [-0.05, 0) is 53.6 Å². The zero-order valence-electron chi connectivity index (χ0n) is 8.66. The molecule has 1 rings (SSSR count). The lowest BCUT2D eigenvalue weighted by Crippen LogP contribution is -2.12. The van der Waals surface area contributed by atoms with Gasteiger partial charge in [-0.1, -0.05) is 24.6 Å². The van der Waals surface area contributed by atoms with Crippen molar-refractivity contribution in [3.63, 3.8) is 0 Å². The summed E-state index contributed by atoms with van der Waals surface area (Å²) in [5.74, 6) is 0. The minimum absolute atomic E-state index is 0. The highest BCUT2D eigenvalue weighted by Gasteiger charge is 2.07. The van der Waals surface area contributed by atoms with E-state index in [0.29, 0.717) is 0 Å². The van der Waals surface area contributed by atoms with Crippen LogP contribution in [0.3, 0.4) is 0 Å². The second-order valence-corrected chi connectivity index (χ2v) is 4.57. The fourth-order valence-electron chi connectivity index (χ4n) is 1.44. The van der Waals surface area contributed by atoms with Gasteiger partial charge in [-0.25, -0.2) is 0 Å². The number of rotatable bonds is 5. The van der Waals surface area contributed by atoms with E-state index in [-0.39, 0.29) is 18.4 Å². The van der Waals surface area contributed by atoms with Crippen molar-refractivity contribution >= 4 is 35.0 Å². The Morgan fingerprint density at radius 1 is 1.20 bits per heavy atom. The average Bonchev–Trinajstić information content (AvgIpc) is 2.18. The van der Waals surface area contributed by atoms with E-state index in [2.05, 4.69) is 34.7 Å². The van der Waals surface area contributed by atoms with Crippen molar-refractivity contribution in [3.8, 4) is 0 Å². The standard InChI is InChI=1S/C11H17IN2.ClH/c12-10-6-2-1-5-9(10)11(14)7-3-4-8-13;/h1-2,5-6,11H,3-4,7-8,13-14H2;1H/t11-;/m0./s1. The third kappa shape index (κ3) is 5.15. The lowest BCUT2D eigenvalue weighted by atomic mass is 10.0. The molecule has 0 radical (unpaired) electrons. The van der Waals surface area contributed by atoms with Gasteiger partial charge in [0.15, 0.2) is 0 Å². The van der Waals surface area contributed by atoms with Crippen LogP contribution in [-0.4, -0.2) is 6.54 Å². The Bertz CT molecular complexity index is 281. The molecule has 0 bridgehead atoms. The zero-order chi connectivity index (χ0) is 10.4. The van der Waals surface area contributed by atoms with Gasteiger partial charge in [0.1, 0.15) is 0 Å². The van der Waals surface area contributed by atoms with Crippen LogP contribution in [-0.2, 0) is 0 Å². The first-order valence-electron chi connectivity index (χ1n) is 4.95. The van der Waals surface area contributed by atoms with Gasteiger partial charge in [0.25, 0.3) is 0 Å².